The largest absolute Gasteiger partial charge is 0.380 e. The molecule has 0 aliphatic carbocycles. The van der Waals surface area contributed by atoms with E-state index in [1.54, 1.807) is 0 Å². The minimum Gasteiger partial charge on any atom is -0.380 e. The lowest BCUT2D eigenvalue weighted by molar-refractivity contribution is 0.131. The van der Waals surface area contributed by atoms with Gasteiger partial charge in [0.25, 0.3) is 0 Å². The first-order chi connectivity index (χ1) is 13.6. The van der Waals surface area contributed by atoms with Gasteiger partial charge in [-0.25, -0.2) is 0 Å². The van der Waals surface area contributed by atoms with E-state index in [0.717, 1.165) is 32.5 Å². The first-order valence-corrected chi connectivity index (χ1v) is 10.9. The van der Waals surface area contributed by atoms with Crippen molar-refractivity contribution in [2.24, 2.45) is 10.8 Å². The van der Waals surface area contributed by atoms with Crippen molar-refractivity contribution in [2.45, 2.75) is 64.7 Å². The number of benzene rings is 2. The Bertz CT molecular complexity index is 799. The van der Waals surface area contributed by atoms with Gasteiger partial charge >= 0.3 is 0 Å². The average molecular weight is 391 g/mol. The van der Waals surface area contributed by atoms with E-state index in [1.807, 2.05) is 0 Å². The van der Waals surface area contributed by atoms with Gasteiger partial charge in [-0.3, -0.25) is 0 Å². The van der Waals surface area contributed by atoms with Crippen LogP contribution in [0.3, 0.4) is 0 Å². The second-order valence-corrected chi connectivity index (χ2v) is 11.0. The van der Waals surface area contributed by atoms with Crippen LogP contribution in [-0.4, -0.2) is 13.2 Å². The molecule has 1 saturated heterocycles. The van der Waals surface area contributed by atoms with Crippen molar-refractivity contribution < 1.29 is 4.74 Å². The fourth-order valence-electron chi connectivity index (χ4n) is 5.74. The third kappa shape index (κ3) is 4.36. The van der Waals surface area contributed by atoms with Gasteiger partial charge in [0.2, 0.25) is 0 Å². The molecule has 0 amide bonds. The Hall–Kier alpha value is -1.86. The van der Waals surface area contributed by atoms with E-state index in [9.17, 15) is 0 Å². The molecule has 2 unspecified atom stereocenters. The van der Waals surface area contributed by atoms with Crippen LogP contribution in [-0.2, 0) is 15.6 Å². The SMILES string of the molecule is C=CCC(C)(C)CC1(c2ccccc2)COCC1(CC(C)(C)C)c1ccccc1. The molecule has 0 saturated carbocycles. The highest BCUT2D eigenvalue weighted by Gasteiger charge is 2.59. The van der Waals surface area contributed by atoms with Crippen molar-refractivity contribution in [3.8, 4) is 0 Å². The zero-order valence-electron chi connectivity index (χ0n) is 19.0. The maximum absolute atomic E-state index is 6.43. The number of hydrogen-bond donors (Lipinski definition) is 0. The molecule has 0 spiro atoms. The van der Waals surface area contributed by atoms with E-state index in [1.165, 1.54) is 11.1 Å². The van der Waals surface area contributed by atoms with E-state index in [2.05, 4.69) is 108 Å². The Morgan fingerprint density at radius 3 is 1.66 bits per heavy atom. The Morgan fingerprint density at radius 1 is 0.793 bits per heavy atom. The molecule has 0 aromatic heterocycles. The molecule has 1 aliphatic heterocycles. The Labute approximate surface area is 178 Å². The summed E-state index contributed by atoms with van der Waals surface area (Å²) >= 11 is 0. The van der Waals surface area contributed by atoms with E-state index < -0.39 is 0 Å². The maximum Gasteiger partial charge on any atom is 0.0573 e. The Morgan fingerprint density at radius 2 is 1.24 bits per heavy atom. The normalized spacial score (nSPS) is 25.1. The molecule has 3 rings (SSSR count). The van der Waals surface area contributed by atoms with Crippen LogP contribution < -0.4 is 0 Å². The second kappa shape index (κ2) is 8.11. The van der Waals surface area contributed by atoms with Crippen LogP contribution in [0.4, 0.5) is 0 Å². The van der Waals surface area contributed by atoms with Crippen LogP contribution in [0.25, 0.3) is 0 Å². The van der Waals surface area contributed by atoms with Gasteiger partial charge in [-0.15, -0.1) is 6.58 Å². The molecule has 1 nitrogen and oxygen atoms in total. The molecule has 2 aromatic rings. The summed E-state index contributed by atoms with van der Waals surface area (Å²) in [4.78, 5) is 0. The summed E-state index contributed by atoms with van der Waals surface area (Å²) in [5.74, 6) is 0. The lowest BCUT2D eigenvalue weighted by Crippen LogP contribution is -2.52. The van der Waals surface area contributed by atoms with Crippen molar-refractivity contribution >= 4 is 0 Å². The van der Waals surface area contributed by atoms with Crippen LogP contribution in [0.15, 0.2) is 73.3 Å². The summed E-state index contributed by atoms with van der Waals surface area (Å²) in [7, 11) is 0. The van der Waals surface area contributed by atoms with Gasteiger partial charge < -0.3 is 4.74 Å². The van der Waals surface area contributed by atoms with Crippen LogP contribution in [0.2, 0.25) is 0 Å². The van der Waals surface area contributed by atoms with Crippen molar-refractivity contribution in [1.29, 1.82) is 0 Å². The molecule has 0 N–H and O–H groups in total. The summed E-state index contributed by atoms with van der Waals surface area (Å²) in [6.45, 7) is 17.4. The maximum atomic E-state index is 6.43. The fourth-order valence-corrected chi connectivity index (χ4v) is 5.74. The third-order valence-electron chi connectivity index (χ3n) is 6.58. The van der Waals surface area contributed by atoms with E-state index in [0.29, 0.717) is 0 Å². The second-order valence-electron chi connectivity index (χ2n) is 11.0. The number of allylic oxidation sites excluding steroid dienone is 1. The van der Waals surface area contributed by atoms with Gasteiger partial charge in [0.05, 0.1) is 13.2 Å². The molecule has 2 aromatic carbocycles. The molecular formula is C28H38O. The molecule has 0 bridgehead atoms. The zero-order valence-corrected chi connectivity index (χ0v) is 19.0. The molecule has 1 heterocycles. The van der Waals surface area contributed by atoms with Gasteiger partial charge in [-0.05, 0) is 41.2 Å². The average Bonchev–Trinajstić information content (AvgIpc) is 3.00. The molecule has 1 heteroatoms. The first kappa shape index (κ1) is 21.8. The summed E-state index contributed by atoms with van der Waals surface area (Å²) in [5, 5.41) is 0. The molecular weight excluding hydrogens is 352 g/mol. The van der Waals surface area contributed by atoms with Crippen molar-refractivity contribution in [1.82, 2.24) is 0 Å². The number of rotatable bonds is 7. The fraction of sp³-hybridized carbons (Fsp3) is 0.500. The molecule has 1 fully saturated rings. The van der Waals surface area contributed by atoms with E-state index in [4.69, 9.17) is 4.74 Å². The number of ether oxygens (including phenoxy) is 1. The van der Waals surface area contributed by atoms with Crippen molar-refractivity contribution in [3.63, 3.8) is 0 Å². The Balaban J connectivity index is 2.27. The van der Waals surface area contributed by atoms with E-state index >= 15 is 0 Å². The summed E-state index contributed by atoms with van der Waals surface area (Å²) in [6.07, 6.45) is 5.23. The molecule has 0 radical (unpaired) electrons. The van der Waals surface area contributed by atoms with Gasteiger partial charge in [0, 0.05) is 10.8 Å². The summed E-state index contributed by atoms with van der Waals surface area (Å²) < 4.78 is 6.43. The van der Waals surface area contributed by atoms with Gasteiger partial charge in [0.1, 0.15) is 0 Å². The van der Waals surface area contributed by atoms with Gasteiger partial charge in [0.15, 0.2) is 0 Å². The smallest absolute Gasteiger partial charge is 0.0573 e. The van der Waals surface area contributed by atoms with Gasteiger partial charge in [-0.1, -0.05) is 101 Å². The highest BCUT2D eigenvalue weighted by atomic mass is 16.5. The lowest BCUT2D eigenvalue weighted by atomic mass is 9.50. The van der Waals surface area contributed by atoms with E-state index in [-0.39, 0.29) is 21.7 Å². The molecule has 1 aliphatic rings. The monoisotopic (exact) mass is 390 g/mol. The molecule has 29 heavy (non-hydrogen) atoms. The first-order valence-electron chi connectivity index (χ1n) is 10.9. The summed E-state index contributed by atoms with van der Waals surface area (Å²) in [5.41, 5.74) is 3.00. The Kier molecular flexibility index (Phi) is 6.11. The highest BCUT2D eigenvalue weighted by molar-refractivity contribution is 5.42. The summed E-state index contributed by atoms with van der Waals surface area (Å²) in [6, 6.07) is 22.2. The predicted molar refractivity (Wildman–Crippen MR) is 124 cm³/mol. The minimum atomic E-state index is -0.0740. The highest BCUT2D eigenvalue weighted by Crippen LogP contribution is 2.58. The van der Waals surface area contributed by atoms with Crippen molar-refractivity contribution in [3.05, 3.63) is 84.4 Å². The standard InChI is InChI=1S/C28H38O/c1-7-18-26(5,6)20-28(24-16-12-9-13-17-24)22-29-21-27(28,19-25(2,3)4)23-14-10-8-11-15-23/h7-17H,1,18-22H2,2-6H3. The molecule has 2 atom stereocenters. The quantitative estimate of drug-likeness (QED) is 0.450. The van der Waals surface area contributed by atoms with Gasteiger partial charge in [-0.2, -0.15) is 0 Å². The topological polar surface area (TPSA) is 9.23 Å². The minimum absolute atomic E-state index is 0.0632. The van der Waals surface area contributed by atoms with Crippen molar-refractivity contribution in [2.75, 3.05) is 13.2 Å². The number of hydrogen-bond acceptors (Lipinski definition) is 1. The zero-order chi connectivity index (χ0) is 21.2. The van der Waals surface area contributed by atoms with Crippen LogP contribution >= 0.6 is 0 Å². The van der Waals surface area contributed by atoms with Crippen LogP contribution in [0, 0.1) is 10.8 Å². The third-order valence-corrected chi connectivity index (χ3v) is 6.58. The lowest BCUT2D eigenvalue weighted by Gasteiger charge is -2.51. The molecule has 156 valence electrons. The predicted octanol–water partition coefficient (Wildman–Crippen LogP) is 7.32. The van der Waals surface area contributed by atoms with Crippen LogP contribution in [0.5, 0.6) is 0 Å². The van der Waals surface area contributed by atoms with Crippen LogP contribution in [0.1, 0.15) is 65.0 Å².